The fraction of sp³-hybridized carbons (Fsp3) is 0.211. The van der Waals surface area contributed by atoms with Crippen molar-refractivity contribution < 1.29 is 24.1 Å². The first-order chi connectivity index (χ1) is 14.1. The molecule has 10 heteroatoms. The molecule has 0 saturated carbocycles. The standard InChI is InChI=1S/C19H18N4O5S/c1-25-14-7-11(8-15(26-2)17(14)24)9-20-23-18(21-22-19(23)29)16-10-27-12-5-3-4-6-13(12)28-16/h3-9,16,24H,10H2,1-2H3,(H,22,29)/b20-9+. The van der Waals surface area contributed by atoms with Gasteiger partial charge < -0.3 is 24.1 Å². The maximum atomic E-state index is 10.0. The van der Waals surface area contributed by atoms with Crippen LogP contribution in [-0.4, -0.2) is 47.0 Å². The van der Waals surface area contributed by atoms with Crippen LogP contribution in [0.1, 0.15) is 17.5 Å². The molecule has 0 aliphatic carbocycles. The van der Waals surface area contributed by atoms with Gasteiger partial charge in [-0.25, -0.2) is 5.10 Å². The van der Waals surface area contributed by atoms with Crippen LogP contribution in [0.3, 0.4) is 0 Å². The quantitative estimate of drug-likeness (QED) is 0.488. The lowest BCUT2D eigenvalue weighted by atomic mass is 10.2. The summed E-state index contributed by atoms with van der Waals surface area (Å²) in [7, 11) is 2.91. The summed E-state index contributed by atoms with van der Waals surface area (Å²) in [6, 6.07) is 10.7. The molecule has 0 spiro atoms. The number of aromatic amines is 1. The van der Waals surface area contributed by atoms with Gasteiger partial charge in [0, 0.05) is 5.56 Å². The largest absolute Gasteiger partial charge is 0.502 e. The molecule has 150 valence electrons. The zero-order valence-corrected chi connectivity index (χ0v) is 16.5. The van der Waals surface area contributed by atoms with E-state index in [0.717, 1.165) is 0 Å². The minimum Gasteiger partial charge on any atom is -0.502 e. The predicted molar refractivity (Wildman–Crippen MR) is 107 cm³/mol. The fourth-order valence-electron chi connectivity index (χ4n) is 2.88. The second-order valence-electron chi connectivity index (χ2n) is 6.08. The highest BCUT2D eigenvalue weighted by Gasteiger charge is 2.27. The molecule has 29 heavy (non-hydrogen) atoms. The second-order valence-corrected chi connectivity index (χ2v) is 6.47. The van der Waals surface area contributed by atoms with Crippen LogP contribution in [0.15, 0.2) is 41.5 Å². The Morgan fingerprint density at radius 3 is 2.62 bits per heavy atom. The predicted octanol–water partition coefficient (Wildman–Crippen LogP) is 3.06. The minimum absolute atomic E-state index is 0.0841. The number of phenols is 1. The molecule has 0 saturated heterocycles. The van der Waals surface area contributed by atoms with Gasteiger partial charge in [0.25, 0.3) is 0 Å². The first-order valence-corrected chi connectivity index (χ1v) is 9.06. The molecule has 1 atom stereocenters. The summed E-state index contributed by atoms with van der Waals surface area (Å²) in [4.78, 5) is 0. The van der Waals surface area contributed by atoms with Crippen LogP contribution in [0.2, 0.25) is 0 Å². The number of fused-ring (bicyclic) bond motifs is 1. The van der Waals surface area contributed by atoms with E-state index in [-0.39, 0.29) is 23.9 Å². The number of aromatic nitrogens is 3. The Balaban J connectivity index is 1.65. The van der Waals surface area contributed by atoms with E-state index in [4.69, 9.17) is 31.2 Å². The van der Waals surface area contributed by atoms with Gasteiger partial charge in [-0.1, -0.05) is 12.1 Å². The third kappa shape index (κ3) is 3.61. The summed E-state index contributed by atoms with van der Waals surface area (Å²) in [6.07, 6.45) is 1.07. The van der Waals surface area contributed by atoms with Crippen molar-refractivity contribution in [1.29, 1.82) is 0 Å². The second kappa shape index (κ2) is 7.84. The summed E-state index contributed by atoms with van der Waals surface area (Å²) >= 11 is 5.30. The van der Waals surface area contributed by atoms with Crippen molar-refractivity contribution in [2.24, 2.45) is 5.10 Å². The third-order valence-electron chi connectivity index (χ3n) is 4.30. The van der Waals surface area contributed by atoms with E-state index in [1.807, 2.05) is 24.3 Å². The molecule has 4 rings (SSSR count). The van der Waals surface area contributed by atoms with Gasteiger partial charge >= 0.3 is 0 Å². The monoisotopic (exact) mass is 414 g/mol. The molecule has 0 radical (unpaired) electrons. The molecule has 2 aromatic carbocycles. The normalized spacial score (nSPS) is 15.4. The van der Waals surface area contributed by atoms with Crippen molar-refractivity contribution in [2.45, 2.75) is 6.10 Å². The molecule has 2 heterocycles. The molecule has 2 N–H and O–H groups in total. The maximum Gasteiger partial charge on any atom is 0.216 e. The van der Waals surface area contributed by atoms with Crippen LogP contribution in [0.4, 0.5) is 0 Å². The molecule has 1 aliphatic rings. The summed E-state index contributed by atoms with van der Waals surface area (Å²) in [5.41, 5.74) is 0.636. The van der Waals surface area contributed by atoms with Crippen LogP contribution in [0.5, 0.6) is 28.7 Å². The number of phenolic OH excluding ortho intramolecular Hbond substituents is 1. The van der Waals surface area contributed by atoms with Crippen molar-refractivity contribution >= 4 is 18.4 Å². The SMILES string of the molecule is COc1cc(/C=N/n2c(C3COc4ccccc4O3)n[nH]c2=S)cc(OC)c1O. The van der Waals surface area contributed by atoms with E-state index in [9.17, 15) is 5.11 Å². The first-order valence-electron chi connectivity index (χ1n) is 8.66. The molecule has 1 aliphatic heterocycles. The number of para-hydroxylation sites is 2. The number of benzene rings is 2. The summed E-state index contributed by atoms with van der Waals surface area (Å²) < 4.78 is 23.8. The number of rotatable bonds is 5. The van der Waals surface area contributed by atoms with E-state index in [1.165, 1.54) is 18.9 Å². The number of methoxy groups -OCH3 is 2. The highest BCUT2D eigenvalue weighted by molar-refractivity contribution is 7.71. The molecule has 0 fully saturated rings. The van der Waals surface area contributed by atoms with Gasteiger partial charge in [-0.3, -0.25) is 0 Å². The number of aromatic hydroxyl groups is 1. The molecular weight excluding hydrogens is 396 g/mol. The van der Waals surface area contributed by atoms with Gasteiger partial charge in [-0.15, -0.1) is 0 Å². The number of nitrogens with zero attached hydrogens (tertiary/aromatic N) is 3. The first kappa shape index (κ1) is 18.8. The maximum absolute atomic E-state index is 10.0. The van der Waals surface area contributed by atoms with Gasteiger partial charge in [0.05, 0.1) is 20.4 Å². The Hall–Kier alpha value is -3.53. The van der Waals surface area contributed by atoms with Crippen LogP contribution in [-0.2, 0) is 0 Å². The number of hydrogen-bond acceptors (Lipinski definition) is 8. The Kier molecular flexibility index (Phi) is 5.09. The van der Waals surface area contributed by atoms with Crippen LogP contribution >= 0.6 is 12.2 Å². The average Bonchev–Trinajstić information content (AvgIpc) is 3.12. The zero-order chi connectivity index (χ0) is 20.4. The summed E-state index contributed by atoms with van der Waals surface area (Å²) in [5.74, 6) is 2.22. The summed E-state index contributed by atoms with van der Waals surface area (Å²) in [6.45, 7) is 0.271. The molecular formula is C19H18N4O5S. The molecule has 9 nitrogen and oxygen atoms in total. The van der Waals surface area contributed by atoms with Crippen molar-refractivity contribution in [3.63, 3.8) is 0 Å². The van der Waals surface area contributed by atoms with Gasteiger partial charge in [0.1, 0.15) is 6.61 Å². The van der Waals surface area contributed by atoms with Crippen molar-refractivity contribution in [1.82, 2.24) is 14.9 Å². The number of nitrogens with one attached hydrogen (secondary N) is 1. The number of hydrogen-bond donors (Lipinski definition) is 2. The highest BCUT2D eigenvalue weighted by Crippen LogP contribution is 2.37. The lowest BCUT2D eigenvalue weighted by molar-refractivity contribution is 0.0826. The van der Waals surface area contributed by atoms with E-state index < -0.39 is 6.10 Å². The lowest BCUT2D eigenvalue weighted by Crippen LogP contribution is -2.24. The van der Waals surface area contributed by atoms with E-state index in [2.05, 4.69) is 15.3 Å². The minimum atomic E-state index is -0.487. The molecule has 0 bridgehead atoms. The van der Waals surface area contributed by atoms with Gasteiger partial charge in [-0.2, -0.15) is 14.9 Å². The molecule has 0 amide bonds. The number of ether oxygens (including phenoxy) is 4. The average molecular weight is 414 g/mol. The topological polar surface area (TPSA) is 103 Å². The van der Waals surface area contributed by atoms with Crippen LogP contribution in [0, 0.1) is 4.77 Å². The summed E-state index contributed by atoms with van der Waals surface area (Å²) in [5, 5.41) is 21.4. The van der Waals surface area contributed by atoms with Crippen molar-refractivity contribution in [2.75, 3.05) is 20.8 Å². The Labute approximate surface area is 171 Å². The van der Waals surface area contributed by atoms with E-state index in [1.54, 1.807) is 18.3 Å². The molecule has 3 aromatic rings. The zero-order valence-electron chi connectivity index (χ0n) is 15.7. The Bertz CT molecular complexity index is 1100. The molecule has 1 unspecified atom stereocenters. The van der Waals surface area contributed by atoms with Crippen LogP contribution < -0.4 is 18.9 Å². The highest BCUT2D eigenvalue weighted by atomic mass is 32.1. The Morgan fingerprint density at radius 1 is 1.24 bits per heavy atom. The lowest BCUT2D eigenvalue weighted by Gasteiger charge is -2.25. The van der Waals surface area contributed by atoms with Crippen molar-refractivity contribution in [3.05, 3.63) is 52.6 Å². The smallest absolute Gasteiger partial charge is 0.216 e. The third-order valence-corrected chi connectivity index (χ3v) is 4.56. The van der Waals surface area contributed by atoms with Gasteiger partial charge in [0.15, 0.2) is 34.9 Å². The van der Waals surface area contributed by atoms with Crippen molar-refractivity contribution in [3.8, 4) is 28.7 Å². The van der Waals surface area contributed by atoms with Gasteiger partial charge in [0.2, 0.25) is 10.5 Å². The van der Waals surface area contributed by atoms with E-state index >= 15 is 0 Å². The van der Waals surface area contributed by atoms with Gasteiger partial charge in [-0.05, 0) is 36.5 Å². The fourth-order valence-corrected chi connectivity index (χ4v) is 3.07. The Morgan fingerprint density at radius 2 is 1.93 bits per heavy atom. The van der Waals surface area contributed by atoms with E-state index in [0.29, 0.717) is 27.7 Å². The molecule has 1 aromatic heterocycles. The number of H-pyrrole nitrogens is 1. The van der Waals surface area contributed by atoms with Crippen LogP contribution in [0.25, 0.3) is 0 Å².